The van der Waals surface area contributed by atoms with Gasteiger partial charge in [0.05, 0.1) is 10.2 Å². The fourth-order valence-electron chi connectivity index (χ4n) is 2.13. The van der Waals surface area contributed by atoms with Crippen molar-refractivity contribution >= 4 is 27.5 Å². The van der Waals surface area contributed by atoms with E-state index in [1.807, 2.05) is 24.3 Å². The molecule has 4 heteroatoms. The lowest BCUT2D eigenvalue weighted by Gasteiger charge is -2.35. The highest BCUT2D eigenvalue weighted by Gasteiger charge is 2.48. The van der Waals surface area contributed by atoms with E-state index in [2.05, 4.69) is 4.98 Å². The van der Waals surface area contributed by atoms with Crippen molar-refractivity contribution < 1.29 is 9.90 Å². The van der Waals surface area contributed by atoms with Gasteiger partial charge in [-0.05, 0) is 25.0 Å². The number of carbonyl (C=O) groups is 1. The van der Waals surface area contributed by atoms with Crippen LogP contribution >= 0.6 is 11.3 Å². The Morgan fingerprint density at radius 2 is 2.12 bits per heavy atom. The van der Waals surface area contributed by atoms with E-state index < -0.39 is 11.4 Å². The van der Waals surface area contributed by atoms with Crippen molar-refractivity contribution in [3.05, 3.63) is 29.3 Å². The van der Waals surface area contributed by atoms with Gasteiger partial charge in [-0.15, -0.1) is 11.3 Å². The van der Waals surface area contributed by atoms with Crippen molar-refractivity contribution in [3.8, 4) is 0 Å². The first-order chi connectivity index (χ1) is 7.72. The fraction of sp³-hybridized carbons (Fsp3) is 0.333. The van der Waals surface area contributed by atoms with E-state index in [1.165, 1.54) is 11.3 Å². The molecule has 1 heterocycles. The maximum absolute atomic E-state index is 11.3. The Kier molecular flexibility index (Phi) is 2.01. The van der Waals surface area contributed by atoms with Gasteiger partial charge in [0.1, 0.15) is 10.4 Å². The van der Waals surface area contributed by atoms with Crippen LogP contribution in [0.25, 0.3) is 10.2 Å². The molecule has 1 aliphatic rings. The summed E-state index contributed by atoms with van der Waals surface area (Å²) >= 11 is 1.52. The Hall–Kier alpha value is -1.42. The Balaban J connectivity index is 2.15. The fourth-order valence-corrected chi connectivity index (χ4v) is 3.33. The number of carboxylic acids is 1. The molecule has 1 aliphatic carbocycles. The standard InChI is InChI=1S/C12H11NO2S/c14-11(15)12(6-3-7-12)10-13-8-4-1-2-5-9(8)16-10/h1-2,4-5H,3,6-7H2,(H,14,15). The second-order valence-electron chi connectivity index (χ2n) is 4.23. The van der Waals surface area contributed by atoms with Crippen LogP contribution in [-0.4, -0.2) is 16.1 Å². The van der Waals surface area contributed by atoms with Crippen LogP contribution in [0.2, 0.25) is 0 Å². The van der Waals surface area contributed by atoms with Crippen molar-refractivity contribution in [3.63, 3.8) is 0 Å². The van der Waals surface area contributed by atoms with Gasteiger partial charge in [-0.1, -0.05) is 18.6 Å². The van der Waals surface area contributed by atoms with E-state index >= 15 is 0 Å². The molecule has 0 aliphatic heterocycles. The van der Waals surface area contributed by atoms with E-state index in [0.717, 1.165) is 34.5 Å². The number of nitrogens with zero attached hydrogens (tertiary/aromatic N) is 1. The zero-order valence-corrected chi connectivity index (χ0v) is 9.46. The maximum Gasteiger partial charge on any atom is 0.316 e. The van der Waals surface area contributed by atoms with E-state index in [1.54, 1.807) is 0 Å². The topological polar surface area (TPSA) is 50.2 Å². The van der Waals surface area contributed by atoms with Crippen molar-refractivity contribution in [2.24, 2.45) is 0 Å². The number of thiazole rings is 1. The zero-order chi connectivity index (χ0) is 11.2. The molecular formula is C12H11NO2S. The number of aromatic nitrogens is 1. The summed E-state index contributed by atoms with van der Waals surface area (Å²) in [5, 5.41) is 10.1. The molecule has 1 aromatic heterocycles. The molecule has 1 saturated carbocycles. The van der Waals surface area contributed by atoms with Gasteiger partial charge in [0.2, 0.25) is 0 Å². The summed E-state index contributed by atoms with van der Waals surface area (Å²) < 4.78 is 1.07. The molecule has 82 valence electrons. The molecule has 1 aromatic carbocycles. The maximum atomic E-state index is 11.3. The van der Waals surface area contributed by atoms with Gasteiger partial charge >= 0.3 is 5.97 Å². The average molecular weight is 233 g/mol. The molecule has 0 radical (unpaired) electrons. The monoisotopic (exact) mass is 233 g/mol. The third-order valence-electron chi connectivity index (χ3n) is 3.32. The Labute approximate surface area is 96.7 Å². The van der Waals surface area contributed by atoms with Crippen LogP contribution in [0.4, 0.5) is 0 Å². The lowest BCUT2D eigenvalue weighted by atomic mass is 9.69. The van der Waals surface area contributed by atoms with Crippen LogP contribution in [0.1, 0.15) is 24.3 Å². The first-order valence-electron chi connectivity index (χ1n) is 5.32. The van der Waals surface area contributed by atoms with E-state index in [-0.39, 0.29) is 0 Å². The van der Waals surface area contributed by atoms with Gasteiger partial charge < -0.3 is 5.11 Å². The van der Waals surface area contributed by atoms with Gasteiger partial charge in [0.15, 0.2) is 0 Å². The minimum Gasteiger partial charge on any atom is -0.481 e. The third kappa shape index (κ3) is 1.19. The first-order valence-corrected chi connectivity index (χ1v) is 6.13. The molecule has 0 saturated heterocycles. The smallest absolute Gasteiger partial charge is 0.316 e. The van der Waals surface area contributed by atoms with Gasteiger partial charge in [0, 0.05) is 0 Å². The highest BCUT2D eigenvalue weighted by Crippen LogP contribution is 2.46. The summed E-state index contributed by atoms with van der Waals surface area (Å²) in [7, 11) is 0. The van der Waals surface area contributed by atoms with Gasteiger partial charge in [-0.3, -0.25) is 4.79 Å². The molecule has 0 bridgehead atoms. The van der Waals surface area contributed by atoms with Gasteiger partial charge in [-0.2, -0.15) is 0 Å². The summed E-state index contributed by atoms with van der Waals surface area (Å²) in [5.41, 5.74) is 0.221. The van der Waals surface area contributed by atoms with Crippen LogP contribution in [-0.2, 0) is 10.2 Å². The number of para-hydroxylation sites is 1. The van der Waals surface area contributed by atoms with Gasteiger partial charge in [-0.25, -0.2) is 4.98 Å². The molecule has 0 spiro atoms. The average Bonchev–Trinajstić information content (AvgIpc) is 2.58. The van der Waals surface area contributed by atoms with Gasteiger partial charge in [0.25, 0.3) is 0 Å². The third-order valence-corrected chi connectivity index (χ3v) is 4.56. The summed E-state index contributed by atoms with van der Waals surface area (Å²) in [6, 6.07) is 7.81. The van der Waals surface area contributed by atoms with Crippen molar-refractivity contribution in [1.29, 1.82) is 0 Å². The molecular weight excluding hydrogens is 222 g/mol. The van der Waals surface area contributed by atoms with Crippen LogP contribution in [0.3, 0.4) is 0 Å². The second kappa shape index (κ2) is 3.28. The van der Waals surface area contributed by atoms with E-state index in [0.29, 0.717) is 0 Å². The number of hydrogen-bond acceptors (Lipinski definition) is 3. The lowest BCUT2D eigenvalue weighted by Crippen LogP contribution is -2.42. The number of fused-ring (bicyclic) bond motifs is 1. The first kappa shape index (κ1) is 9.78. The van der Waals surface area contributed by atoms with Crippen molar-refractivity contribution in [1.82, 2.24) is 4.98 Å². The largest absolute Gasteiger partial charge is 0.481 e. The highest BCUT2D eigenvalue weighted by molar-refractivity contribution is 7.18. The summed E-state index contributed by atoms with van der Waals surface area (Å²) in [6.45, 7) is 0. The Bertz CT molecular complexity index is 524. The summed E-state index contributed by atoms with van der Waals surface area (Å²) in [5.74, 6) is -0.724. The SMILES string of the molecule is O=C(O)C1(c2nc3ccccc3s2)CCC1. The van der Waals surface area contributed by atoms with E-state index in [9.17, 15) is 9.90 Å². The quantitative estimate of drug-likeness (QED) is 0.867. The minimum atomic E-state index is -0.724. The molecule has 2 aromatic rings. The van der Waals surface area contributed by atoms with Crippen molar-refractivity contribution in [2.45, 2.75) is 24.7 Å². The Morgan fingerprint density at radius 3 is 2.69 bits per heavy atom. The zero-order valence-electron chi connectivity index (χ0n) is 8.64. The molecule has 0 unspecified atom stereocenters. The predicted molar refractivity (Wildman–Crippen MR) is 62.8 cm³/mol. The van der Waals surface area contributed by atoms with Crippen LogP contribution < -0.4 is 0 Å². The predicted octanol–water partition coefficient (Wildman–Crippen LogP) is 2.80. The molecule has 16 heavy (non-hydrogen) atoms. The number of aliphatic carboxylic acids is 1. The van der Waals surface area contributed by atoms with Crippen LogP contribution in [0, 0.1) is 0 Å². The Morgan fingerprint density at radius 1 is 1.38 bits per heavy atom. The number of rotatable bonds is 2. The molecule has 0 amide bonds. The normalized spacial score (nSPS) is 18.2. The van der Waals surface area contributed by atoms with Crippen molar-refractivity contribution in [2.75, 3.05) is 0 Å². The molecule has 0 atom stereocenters. The lowest BCUT2D eigenvalue weighted by molar-refractivity contribution is -0.147. The number of carboxylic acid groups (broad SMARTS) is 1. The molecule has 1 N–H and O–H groups in total. The van der Waals surface area contributed by atoms with Crippen LogP contribution in [0.15, 0.2) is 24.3 Å². The highest BCUT2D eigenvalue weighted by atomic mass is 32.1. The number of benzene rings is 1. The molecule has 3 rings (SSSR count). The second-order valence-corrected chi connectivity index (χ2v) is 5.26. The van der Waals surface area contributed by atoms with Crippen LogP contribution in [0.5, 0.6) is 0 Å². The number of hydrogen-bond donors (Lipinski definition) is 1. The van der Waals surface area contributed by atoms with E-state index in [4.69, 9.17) is 0 Å². The summed E-state index contributed by atoms with van der Waals surface area (Å²) in [4.78, 5) is 15.8. The summed E-state index contributed by atoms with van der Waals surface area (Å²) in [6.07, 6.45) is 2.44. The molecule has 1 fully saturated rings. The minimum absolute atomic E-state index is 0.691. The molecule has 3 nitrogen and oxygen atoms in total.